The van der Waals surface area contributed by atoms with Gasteiger partial charge in [-0.2, -0.15) is 13.2 Å². The Labute approximate surface area is 160 Å². The lowest BCUT2D eigenvalue weighted by molar-refractivity contribution is -0.137. The van der Waals surface area contributed by atoms with Crippen molar-refractivity contribution in [1.82, 2.24) is 4.98 Å². The molecule has 142 valence electrons. The minimum absolute atomic E-state index is 0.0128. The summed E-state index contributed by atoms with van der Waals surface area (Å²) in [6.45, 7) is 0. The monoisotopic (exact) mass is 405 g/mol. The van der Waals surface area contributed by atoms with Gasteiger partial charge in [-0.05, 0) is 42.5 Å². The van der Waals surface area contributed by atoms with E-state index in [1.165, 1.54) is 12.1 Å². The molecule has 0 aliphatic heterocycles. The number of fused-ring (bicyclic) bond motifs is 1. The molecule has 0 radical (unpaired) electrons. The minimum Gasteiger partial charge on any atom is -0.359 e. The van der Waals surface area contributed by atoms with Crippen LogP contribution in [-0.4, -0.2) is 4.98 Å². The van der Waals surface area contributed by atoms with Crippen molar-refractivity contribution in [2.24, 2.45) is 0 Å². The maximum absolute atomic E-state index is 12.7. The summed E-state index contributed by atoms with van der Waals surface area (Å²) in [7, 11) is 0. The van der Waals surface area contributed by atoms with Gasteiger partial charge in [-0.1, -0.05) is 11.6 Å². The second-order valence-electron chi connectivity index (χ2n) is 6.13. The fourth-order valence-electron chi connectivity index (χ4n) is 2.85. The predicted molar refractivity (Wildman–Crippen MR) is 103 cm³/mol. The number of H-pyrrole nitrogens is 1. The normalized spacial score (nSPS) is 11.9. The lowest BCUT2D eigenvalue weighted by Gasteiger charge is -2.15. The number of benzene rings is 2. The zero-order valence-electron chi connectivity index (χ0n) is 13.9. The van der Waals surface area contributed by atoms with Crippen LogP contribution in [0.25, 0.3) is 10.9 Å². The van der Waals surface area contributed by atoms with Gasteiger partial charge in [-0.3, -0.25) is 9.59 Å². The summed E-state index contributed by atoms with van der Waals surface area (Å²) < 4.78 is 38.0. The maximum atomic E-state index is 12.7. The summed E-state index contributed by atoms with van der Waals surface area (Å²) in [6.07, 6.45) is -2.83. The van der Waals surface area contributed by atoms with Crippen molar-refractivity contribution in [1.29, 1.82) is 0 Å². The van der Waals surface area contributed by atoms with E-state index in [1.807, 2.05) is 0 Å². The molecule has 0 atom stereocenters. The number of halogens is 4. The molecule has 9 heteroatoms. The number of alkyl halides is 3. The Balaban J connectivity index is 1.62. The van der Waals surface area contributed by atoms with E-state index in [0.29, 0.717) is 10.7 Å². The third kappa shape index (κ3) is 3.11. The van der Waals surface area contributed by atoms with Crippen LogP contribution in [0.5, 0.6) is 0 Å². The summed E-state index contributed by atoms with van der Waals surface area (Å²) in [4.78, 5) is 26.9. The molecule has 0 aliphatic rings. The van der Waals surface area contributed by atoms with E-state index in [9.17, 15) is 22.8 Å². The molecular weight excluding hydrogens is 395 g/mol. The molecular formula is C19H11ClF3N3O2. The maximum Gasteiger partial charge on any atom is 0.416 e. The SMILES string of the molecule is O=c1c(Nc2ccc(C(F)(F)F)cc2)c(Nc2c[nH]c3ccc(Cl)cc23)c1=O. The van der Waals surface area contributed by atoms with Gasteiger partial charge in [0.05, 0.1) is 11.3 Å². The van der Waals surface area contributed by atoms with E-state index in [0.717, 1.165) is 23.0 Å². The molecule has 3 N–H and O–H groups in total. The van der Waals surface area contributed by atoms with Crippen LogP contribution >= 0.6 is 11.6 Å². The molecule has 28 heavy (non-hydrogen) atoms. The van der Waals surface area contributed by atoms with Crippen LogP contribution in [0.15, 0.2) is 58.3 Å². The summed E-state index contributed by atoms with van der Waals surface area (Å²) in [5.41, 5.74) is -0.678. The van der Waals surface area contributed by atoms with E-state index in [1.54, 1.807) is 24.4 Å². The zero-order valence-corrected chi connectivity index (χ0v) is 14.7. The number of aromatic amines is 1. The van der Waals surface area contributed by atoms with E-state index in [-0.39, 0.29) is 17.1 Å². The number of nitrogens with one attached hydrogen (secondary N) is 3. The van der Waals surface area contributed by atoms with Gasteiger partial charge in [0, 0.05) is 27.8 Å². The Morgan fingerprint density at radius 3 is 2.18 bits per heavy atom. The fraction of sp³-hybridized carbons (Fsp3) is 0.0526. The number of aromatic nitrogens is 1. The van der Waals surface area contributed by atoms with E-state index >= 15 is 0 Å². The average molecular weight is 406 g/mol. The van der Waals surface area contributed by atoms with Gasteiger partial charge in [-0.25, -0.2) is 0 Å². The standard InChI is InChI=1S/C19H11ClF3N3O2/c20-10-3-6-13-12(7-10)14(8-24-13)26-16-15(17(27)18(16)28)25-11-4-1-9(2-5-11)19(21,22)23/h1-8,24-26H. The van der Waals surface area contributed by atoms with Crippen LogP contribution in [0.1, 0.15) is 5.56 Å². The molecule has 5 nitrogen and oxygen atoms in total. The Kier molecular flexibility index (Phi) is 4.15. The highest BCUT2D eigenvalue weighted by molar-refractivity contribution is 6.31. The molecule has 0 saturated carbocycles. The van der Waals surface area contributed by atoms with Gasteiger partial charge in [0.1, 0.15) is 11.4 Å². The molecule has 3 aromatic carbocycles. The van der Waals surface area contributed by atoms with Gasteiger partial charge in [0.25, 0.3) is 10.9 Å². The molecule has 0 bridgehead atoms. The Hall–Kier alpha value is -3.26. The van der Waals surface area contributed by atoms with Crippen molar-refractivity contribution in [3.63, 3.8) is 0 Å². The predicted octanol–water partition coefficient (Wildman–Crippen LogP) is 4.92. The molecule has 1 heterocycles. The molecule has 0 fully saturated rings. The number of rotatable bonds is 4. The number of anilines is 4. The van der Waals surface area contributed by atoms with Gasteiger partial charge in [0.2, 0.25) is 0 Å². The third-order valence-corrected chi connectivity index (χ3v) is 4.53. The lowest BCUT2D eigenvalue weighted by Crippen LogP contribution is -2.35. The van der Waals surface area contributed by atoms with Crippen LogP contribution in [0.3, 0.4) is 0 Å². The first-order valence-corrected chi connectivity index (χ1v) is 8.43. The molecule has 0 spiro atoms. The smallest absolute Gasteiger partial charge is 0.359 e. The van der Waals surface area contributed by atoms with Crippen LogP contribution in [0.4, 0.5) is 35.9 Å². The summed E-state index contributed by atoms with van der Waals surface area (Å²) in [6, 6.07) is 9.34. The molecule has 0 unspecified atom stereocenters. The van der Waals surface area contributed by atoms with Gasteiger partial charge in [-0.15, -0.1) is 0 Å². The first-order valence-electron chi connectivity index (χ1n) is 8.05. The molecule has 0 amide bonds. The summed E-state index contributed by atoms with van der Waals surface area (Å²) in [5.74, 6) is 0. The number of hydrogen-bond acceptors (Lipinski definition) is 4. The van der Waals surface area contributed by atoms with E-state index < -0.39 is 22.6 Å². The Bertz CT molecular complexity index is 1250. The highest BCUT2D eigenvalue weighted by Gasteiger charge is 2.30. The van der Waals surface area contributed by atoms with Crippen LogP contribution < -0.4 is 21.5 Å². The average Bonchev–Trinajstić information content (AvgIpc) is 3.06. The molecule has 0 aliphatic carbocycles. The van der Waals surface area contributed by atoms with Crippen molar-refractivity contribution in [3.05, 3.63) is 79.7 Å². The molecule has 1 aromatic heterocycles. The summed E-state index contributed by atoms with van der Waals surface area (Å²) in [5, 5.41) is 6.82. The van der Waals surface area contributed by atoms with Crippen molar-refractivity contribution >= 4 is 45.3 Å². The van der Waals surface area contributed by atoms with Crippen molar-refractivity contribution in [2.45, 2.75) is 6.18 Å². The Morgan fingerprint density at radius 2 is 1.54 bits per heavy atom. The second-order valence-corrected chi connectivity index (χ2v) is 6.56. The van der Waals surface area contributed by atoms with E-state index in [4.69, 9.17) is 11.6 Å². The largest absolute Gasteiger partial charge is 0.416 e. The van der Waals surface area contributed by atoms with Crippen molar-refractivity contribution < 1.29 is 13.2 Å². The minimum atomic E-state index is -4.45. The first kappa shape index (κ1) is 18.1. The zero-order chi connectivity index (χ0) is 20.1. The second kappa shape index (κ2) is 6.42. The Morgan fingerprint density at radius 1 is 0.893 bits per heavy atom. The highest BCUT2D eigenvalue weighted by Crippen LogP contribution is 2.32. The molecule has 4 aromatic rings. The van der Waals surface area contributed by atoms with E-state index in [2.05, 4.69) is 15.6 Å². The summed E-state index contributed by atoms with van der Waals surface area (Å²) >= 11 is 6.00. The van der Waals surface area contributed by atoms with Crippen LogP contribution in [0, 0.1) is 0 Å². The van der Waals surface area contributed by atoms with Gasteiger partial charge >= 0.3 is 6.18 Å². The van der Waals surface area contributed by atoms with Gasteiger partial charge < -0.3 is 15.6 Å². The molecule has 0 saturated heterocycles. The number of hydrogen-bond donors (Lipinski definition) is 3. The van der Waals surface area contributed by atoms with Crippen molar-refractivity contribution in [2.75, 3.05) is 10.6 Å². The lowest BCUT2D eigenvalue weighted by atomic mass is 10.1. The first-order chi connectivity index (χ1) is 13.2. The van der Waals surface area contributed by atoms with Crippen LogP contribution in [0.2, 0.25) is 5.02 Å². The quantitative estimate of drug-likeness (QED) is 0.421. The highest BCUT2D eigenvalue weighted by atomic mass is 35.5. The molecule has 4 rings (SSSR count). The third-order valence-electron chi connectivity index (χ3n) is 4.30. The van der Waals surface area contributed by atoms with Crippen LogP contribution in [-0.2, 0) is 6.18 Å². The fourth-order valence-corrected chi connectivity index (χ4v) is 3.02. The van der Waals surface area contributed by atoms with Gasteiger partial charge in [0.15, 0.2) is 0 Å². The van der Waals surface area contributed by atoms with Crippen molar-refractivity contribution in [3.8, 4) is 0 Å². The topological polar surface area (TPSA) is 74.0 Å².